The first-order valence-corrected chi connectivity index (χ1v) is 21.9. The molecular weight excluding hydrogens is 685 g/mol. The summed E-state index contributed by atoms with van der Waals surface area (Å²) in [5, 5.41) is 19.2. The van der Waals surface area contributed by atoms with Gasteiger partial charge in [0.2, 0.25) is 0 Å². The average Bonchev–Trinajstić information content (AvgIpc) is 3.51. The summed E-state index contributed by atoms with van der Waals surface area (Å²) in [6, 6.07) is 10.0. The van der Waals surface area contributed by atoms with E-state index in [9.17, 15) is 9.90 Å². The molecule has 3 aliphatic heterocycles. The quantitative estimate of drug-likeness (QED) is 0.248. The molecule has 292 valence electrons. The third kappa shape index (κ3) is 6.31. The van der Waals surface area contributed by atoms with Crippen molar-refractivity contribution in [2.24, 2.45) is 63.7 Å². The first-order valence-electron chi connectivity index (χ1n) is 21.9. The standard InChI is InChI=1S/C46H60N6O3/c1-2-55-43(54)21-31-19-29-15-17-51(26-32-20-37(29)44(31)32)35-13-11-28(12-14-35)30-7-3-4-8-34(48-25-30)24-46-33-16-18-52(27-39(46)38(46)22-33)41-23-40(49-50-45(41)47)36-9-5-6-10-42(36)53/h5-10,23,25,28-29,31-33,35,37-39,44,53H,2-4,11-22,24,26-27H2,1H3,(H2,47,50)/b30-7+,34-8+,48-25-/t28-,29?,31?,32?,33?,35+,37?,38?,39?,44?,46?. The molecule has 9 nitrogen and oxygen atoms in total. The van der Waals surface area contributed by atoms with Crippen LogP contribution in [0, 0.1) is 58.7 Å². The van der Waals surface area contributed by atoms with Gasteiger partial charge in [0.1, 0.15) is 5.75 Å². The van der Waals surface area contributed by atoms with Crippen LogP contribution < -0.4 is 10.6 Å². The summed E-state index contributed by atoms with van der Waals surface area (Å²) in [5.74, 6) is 7.25. The number of ether oxygens (including phenoxy) is 1. The second kappa shape index (κ2) is 14.3. The molecule has 4 heterocycles. The van der Waals surface area contributed by atoms with Gasteiger partial charge < -0.3 is 25.4 Å². The van der Waals surface area contributed by atoms with E-state index < -0.39 is 0 Å². The Morgan fingerprint density at radius 3 is 2.67 bits per heavy atom. The number of esters is 1. The zero-order valence-electron chi connectivity index (χ0n) is 32.7. The van der Waals surface area contributed by atoms with Crippen LogP contribution in [0.25, 0.3) is 11.3 Å². The Morgan fingerprint density at radius 2 is 1.82 bits per heavy atom. The molecule has 2 bridgehead atoms. The van der Waals surface area contributed by atoms with E-state index in [2.05, 4.69) is 38.4 Å². The predicted octanol–water partition coefficient (Wildman–Crippen LogP) is 8.06. The average molecular weight is 745 g/mol. The minimum atomic E-state index is 0.0259. The van der Waals surface area contributed by atoms with Crippen LogP contribution in [0.4, 0.5) is 11.5 Å². The lowest BCUT2D eigenvalue weighted by Gasteiger charge is -2.51. The number of anilines is 2. The molecule has 2 aromatic rings. The number of nitrogen functional groups attached to an aromatic ring is 1. The van der Waals surface area contributed by atoms with E-state index in [1.165, 1.54) is 82.1 Å². The highest BCUT2D eigenvalue weighted by Crippen LogP contribution is 2.79. The number of aromatic hydroxyl groups is 1. The van der Waals surface area contributed by atoms with Gasteiger partial charge in [-0.15, -0.1) is 10.2 Å². The van der Waals surface area contributed by atoms with Gasteiger partial charge in [-0.25, -0.2) is 0 Å². The number of nitrogens with zero attached hydrogens (tertiary/aromatic N) is 5. The molecule has 1 aromatic carbocycles. The predicted molar refractivity (Wildman–Crippen MR) is 216 cm³/mol. The summed E-state index contributed by atoms with van der Waals surface area (Å²) < 4.78 is 5.37. The smallest absolute Gasteiger partial charge is 0.306 e. The van der Waals surface area contributed by atoms with E-state index in [0.717, 1.165) is 73.5 Å². The van der Waals surface area contributed by atoms with Crippen LogP contribution in [0.3, 0.4) is 0 Å². The fourth-order valence-electron chi connectivity index (χ4n) is 13.7. The van der Waals surface area contributed by atoms with Crippen LogP contribution in [0.15, 0.2) is 58.7 Å². The molecule has 5 saturated carbocycles. The SMILES string of the molecule is CCOC(=O)CC1CC2CCN([C@H]3CC[C@@H](C4=C/CC/C=C(CC56C7CCN(c8cc(-c9ccccc9O)nnc8N)CC5C6C7)/N=C\4)CC3)CC3CC2C13. The Morgan fingerprint density at radius 1 is 0.964 bits per heavy atom. The van der Waals surface area contributed by atoms with Crippen LogP contribution in [0.5, 0.6) is 5.75 Å². The number of phenols is 1. The first-order chi connectivity index (χ1) is 26.9. The Bertz CT molecular complexity index is 1880. The second-order valence-corrected chi connectivity index (χ2v) is 18.7. The normalized spacial score (nSPS) is 40.2. The zero-order valence-corrected chi connectivity index (χ0v) is 32.7. The van der Waals surface area contributed by atoms with Crippen molar-refractivity contribution >= 4 is 23.7 Å². The maximum absolute atomic E-state index is 12.4. The van der Waals surface area contributed by atoms with E-state index >= 15 is 0 Å². The van der Waals surface area contributed by atoms with Crippen molar-refractivity contribution in [3.8, 4) is 17.0 Å². The van der Waals surface area contributed by atoms with Crippen molar-refractivity contribution in [3.05, 3.63) is 53.8 Å². The molecule has 8 aliphatic rings. The highest BCUT2D eigenvalue weighted by atomic mass is 16.5. The molecule has 9 atom stereocenters. The number of allylic oxidation sites excluding steroid dienone is 4. The number of para-hydroxylation sites is 1. The van der Waals surface area contributed by atoms with E-state index in [4.69, 9.17) is 15.5 Å². The largest absolute Gasteiger partial charge is 0.507 e. The van der Waals surface area contributed by atoms with Gasteiger partial charge in [-0.1, -0.05) is 24.3 Å². The lowest BCUT2D eigenvalue weighted by atomic mass is 9.60. The van der Waals surface area contributed by atoms with Crippen LogP contribution in [-0.4, -0.2) is 71.2 Å². The Hall–Kier alpha value is -3.72. The van der Waals surface area contributed by atoms with E-state index in [1.54, 1.807) is 6.07 Å². The maximum atomic E-state index is 12.4. The molecule has 55 heavy (non-hydrogen) atoms. The summed E-state index contributed by atoms with van der Waals surface area (Å²) in [4.78, 5) is 23.0. The molecule has 10 rings (SSSR count). The number of rotatable bonds is 9. The van der Waals surface area contributed by atoms with Crippen molar-refractivity contribution in [3.63, 3.8) is 0 Å². The van der Waals surface area contributed by atoms with Gasteiger partial charge >= 0.3 is 5.97 Å². The van der Waals surface area contributed by atoms with Gasteiger partial charge in [0.25, 0.3) is 0 Å². The van der Waals surface area contributed by atoms with Crippen LogP contribution in [-0.2, 0) is 9.53 Å². The minimum absolute atomic E-state index is 0.0259. The first kappa shape index (κ1) is 35.7. The monoisotopic (exact) mass is 744 g/mol. The van der Waals surface area contributed by atoms with Crippen LogP contribution in [0.1, 0.15) is 90.4 Å². The minimum Gasteiger partial charge on any atom is -0.507 e. The van der Waals surface area contributed by atoms with E-state index in [1.807, 2.05) is 31.2 Å². The van der Waals surface area contributed by atoms with E-state index in [0.29, 0.717) is 59.3 Å². The molecular formula is C46H60N6O3. The highest BCUT2D eigenvalue weighted by molar-refractivity contribution is 5.80. The summed E-state index contributed by atoms with van der Waals surface area (Å²) in [6.45, 7) is 6.89. The van der Waals surface area contributed by atoms with Gasteiger partial charge in [-0.3, -0.25) is 9.79 Å². The lowest BCUT2D eigenvalue weighted by molar-refractivity contribution is -0.145. The third-order valence-corrected chi connectivity index (χ3v) is 16.4. The number of benzene rings is 1. The molecule has 7 fully saturated rings. The van der Waals surface area contributed by atoms with Gasteiger partial charge in [-0.05, 0) is 173 Å². The molecule has 1 aromatic heterocycles. The molecule has 0 radical (unpaired) electrons. The number of hydrogen-bond acceptors (Lipinski definition) is 9. The Balaban J connectivity index is 0.753. The van der Waals surface area contributed by atoms with E-state index in [-0.39, 0.29) is 11.7 Å². The fourth-order valence-corrected chi connectivity index (χ4v) is 13.7. The maximum Gasteiger partial charge on any atom is 0.306 e. The number of carbonyl (C=O) groups excluding carboxylic acids is 1. The summed E-state index contributed by atoms with van der Waals surface area (Å²) in [5.41, 5.74) is 11.9. The van der Waals surface area contributed by atoms with Gasteiger partial charge in [0.05, 0.1) is 18.0 Å². The number of hydrogen-bond donors (Lipinski definition) is 2. The molecule has 9 unspecified atom stereocenters. The van der Waals surface area contributed by atoms with Gasteiger partial charge in [-0.2, -0.15) is 0 Å². The zero-order chi connectivity index (χ0) is 37.3. The number of fused-ring (bicyclic) bond motifs is 3. The van der Waals surface area contributed by atoms with Crippen molar-refractivity contribution in [2.45, 2.75) is 96.4 Å². The number of carbonyl (C=O) groups is 1. The molecule has 0 amide bonds. The fraction of sp³-hybridized carbons (Fsp3) is 0.652. The van der Waals surface area contributed by atoms with Crippen molar-refractivity contribution in [1.82, 2.24) is 15.1 Å². The van der Waals surface area contributed by atoms with Crippen LogP contribution in [0.2, 0.25) is 0 Å². The van der Waals surface area contributed by atoms with Crippen molar-refractivity contribution in [2.75, 3.05) is 43.4 Å². The molecule has 9 heteroatoms. The topological polar surface area (TPSA) is 117 Å². The summed E-state index contributed by atoms with van der Waals surface area (Å²) >= 11 is 0. The molecule has 0 spiro atoms. The summed E-state index contributed by atoms with van der Waals surface area (Å²) in [6.07, 6.45) is 22.8. The van der Waals surface area contributed by atoms with Crippen molar-refractivity contribution in [1.29, 1.82) is 0 Å². The number of aliphatic imine (C=N–C) groups is 1. The Kier molecular flexibility index (Phi) is 9.30. The van der Waals surface area contributed by atoms with Crippen LogP contribution >= 0.6 is 0 Å². The number of nitrogens with two attached hydrogens (primary N) is 1. The highest BCUT2D eigenvalue weighted by Gasteiger charge is 2.75. The van der Waals surface area contributed by atoms with Gasteiger partial charge in [0, 0.05) is 49.6 Å². The molecule has 5 aliphatic carbocycles. The third-order valence-electron chi connectivity index (χ3n) is 16.4. The van der Waals surface area contributed by atoms with Crippen molar-refractivity contribution < 1.29 is 14.6 Å². The Labute approximate surface area is 326 Å². The summed E-state index contributed by atoms with van der Waals surface area (Å²) in [7, 11) is 0. The number of aromatic nitrogens is 2. The molecule has 2 saturated heterocycles. The molecule has 3 N–H and O–H groups in total. The lowest BCUT2D eigenvalue weighted by Crippen LogP contribution is -2.51. The number of likely N-dealkylation sites (tertiary alicyclic amines) is 1. The second-order valence-electron chi connectivity index (χ2n) is 18.7. The van der Waals surface area contributed by atoms with Gasteiger partial charge in [0.15, 0.2) is 5.82 Å². The number of phenolic OH excluding ortho intramolecular Hbond substituents is 1.